The number of nitriles is 1. The zero-order chi connectivity index (χ0) is 11.3. The molecule has 0 aliphatic carbocycles. The van der Waals surface area contributed by atoms with E-state index in [4.69, 9.17) is 10.00 Å². The normalized spacial score (nSPS) is 9.13. The second-order valence-electron chi connectivity index (χ2n) is 2.76. The number of ether oxygens (including phenoxy) is 2. The molecule has 0 aliphatic rings. The quantitative estimate of drug-likeness (QED) is 0.680. The average Bonchev–Trinajstić information content (AvgIpc) is 2.28. The molecule has 15 heavy (non-hydrogen) atoms. The molecule has 5 nitrogen and oxygen atoms in total. The van der Waals surface area contributed by atoms with E-state index < -0.39 is 0 Å². The Kier molecular flexibility index (Phi) is 3.63. The number of carbonyl (C=O) groups excluding carboxylic acids is 1. The van der Waals surface area contributed by atoms with Gasteiger partial charge in [0.2, 0.25) is 0 Å². The number of methoxy groups -OCH3 is 2. The van der Waals surface area contributed by atoms with Gasteiger partial charge in [0.05, 0.1) is 20.6 Å². The van der Waals surface area contributed by atoms with Gasteiger partial charge in [-0.3, -0.25) is 4.79 Å². The van der Waals surface area contributed by atoms with E-state index in [2.05, 4.69) is 9.72 Å². The van der Waals surface area contributed by atoms with Crippen LogP contribution in [0.4, 0.5) is 0 Å². The van der Waals surface area contributed by atoms with Gasteiger partial charge in [0.1, 0.15) is 6.07 Å². The van der Waals surface area contributed by atoms with Gasteiger partial charge in [-0.2, -0.15) is 5.26 Å². The molecular weight excluding hydrogens is 196 g/mol. The second-order valence-corrected chi connectivity index (χ2v) is 2.76. The van der Waals surface area contributed by atoms with Crippen LogP contribution in [0.2, 0.25) is 0 Å². The molecule has 1 aromatic heterocycles. The van der Waals surface area contributed by atoms with Crippen LogP contribution in [0.5, 0.6) is 5.75 Å². The minimum Gasteiger partial charge on any atom is -0.494 e. The topological polar surface area (TPSA) is 72.2 Å². The van der Waals surface area contributed by atoms with Crippen molar-refractivity contribution in [1.29, 1.82) is 5.26 Å². The van der Waals surface area contributed by atoms with E-state index in [1.54, 1.807) is 6.07 Å². The molecule has 5 heteroatoms. The van der Waals surface area contributed by atoms with Crippen molar-refractivity contribution in [2.24, 2.45) is 0 Å². The molecule has 0 saturated heterocycles. The summed E-state index contributed by atoms with van der Waals surface area (Å²) in [5.74, 6) is 0.00228. The molecule has 0 fully saturated rings. The van der Waals surface area contributed by atoms with Gasteiger partial charge in [-0.25, -0.2) is 4.98 Å². The highest BCUT2D eigenvalue weighted by atomic mass is 16.5. The number of carbonyl (C=O) groups is 1. The summed E-state index contributed by atoms with van der Waals surface area (Å²) in [6.45, 7) is 0. The summed E-state index contributed by atoms with van der Waals surface area (Å²) in [6.07, 6.45) is 1.57. The molecule has 0 saturated carbocycles. The fraction of sp³-hybridized carbons (Fsp3) is 0.300. The van der Waals surface area contributed by atoms with Gasteiger partial charge in [0, 0.05) is 6.20 Å². The number of esters is 1. The Hall–Kier alpha value is -2.09. The highest BCUT2D eigenvalue weighted by Gasteiger charge is 2.08. The van der Waals surface area contributed by atoms with E-state index in [9.17, 15) is 4.79 Å². The standard InChI is InChI=1S/C10H10N2O3/c1-14-9-3-7(4-10(13)15-2)6-12-8(9)5-11/h3,6H,4H2,1-2H3. The average molecular weight is 206 g/mol. The Bertz CT molecular complexity index is 410. The highest BCUT2D eigenvalue weighted by molar-refractivity contribution is 5.72. The third-order valence-electron chi connectivity index (χ3n) is 1.81. The molecule has 1 heterocycles. The van der Waals surface area contributed by atoms with Crippen LogP contribution >= 0.6 is 0 Å². The molecule has 1 aromatic rings. The molecule has 0 amide bonds. The molecular formula is C10H10N2O3. The fourth-order valence-corrected chi connectivity index (χ4v) is 1.06. The van der Waals surface area contributed by atoms with Crippen molar-refractivity contribution in [2.75, 3.05) is 14.2 Å². The molecule has 0 aliphatic heterocycles. The van der Waals surface area contributed by atoms with E-state index in [-0.39, 0.29) is 18.1 Å². The maximum Gasteiger partial charge on any atom is 0.310 e. The van der Waals surface area contributed by atoms with E-state index >= 15 is 0 Å². The molecule has 1 rings (SSSR count). The number of aromatic nitrogens is 1. The summed E-state index contributed by atoms with van der Waals surface area (Å²) >= 11 is 0. The molecule has 0 spiro atoms. The smallest absolute Gasteiger partial charge is 0.310 e. The van der Waals surface area contributed by atoms with Gasteiger partial charge in [-0.05, 0) is 11.6 Å². The van der Waals surface area contributed by atoms with Crippen molar-refractivity contribution in [3.63, 3.8) is 0 Å². The summed E-state index contributed by atoms with van der Waals surface area (Å²) in [5.41, 5.74) is 0.851. The largest absolute Gasteiger partial charge is 0.494 e. The van der Waals surface area contributed by atoms with Crippen molar-refractivity contribution < 1.29 is 14.3 Å². The predicted octanol–water partition coefficient (Wildman–Crippen LogP) is 0.677. The monoisotopic (exact) mass is 206 g/mol. The van der Waals surface area contributed by atoms with Gasteiger partial charge >= 0.3 is 5.97 Å². The third kappa shape index (κ3) is 2.68. The molecule has 0 radical (unpaired) electrons. The highest BCUT2D eigenvalue weighted by Crippen LogP contribution is 2.16. The van der Waals surface area contributed by atoms with Crippen LogP contribution in [-0.2, 0) is 16.0 Å². The van der Waals surface area contributed by atoms with Crippen LogP contribution < -0.4 is 4.74 Å². The third-order valence-corrected chi connectivity index (χ3v) is 1.81. The lowest BCUT2D eigenvalue weighted by molar-refractivity contribution is -0.139. The van der Waals surface area contributed by atoms with E-state index in [1.807, 2.05) is 6.07 Å². The maximum atomic E-state index is 11.0. The lowest BCUT2D eigenvalue weighted by Gasteiger charge is -2.04. The van der Waals surface area contributed by atoms with Crippen LogP contribution in [0.1, 0.15) is 11.3 Å². The first-order chi connectivity index (χ1) is 7.21. The molecule has 0 unspecified atom stereocenters. The van der Waals surface area contributed by atoms with Crippen LogP contribution in [-0.4, -0.2) is 25.2 Å². The molecule has 78 valence electrons. The van der Waals surface area contributed by atoms with Crippen LogP contribution in [0, 0.1) is 11.3 Å². The molecule has 0 bridgehead atoms. The van der Waals surface area contributed by atoms with Crippen molar-refractivity contribution >= 4 is 5.97 Å². The van der Waals surface area contributed by atoms with Crippen LogP contribution in [0.3, 0.4) is 0 Å². The number of nitrogens with zero attached hydrogens (tertiary/aromatic N) is 2. The summed E-state index contributed by atoms with van der Waals surface area (Å²) in [4.78, 5) is 14.8. The first kappa shape index (κ1) is 11.0. The summed E-state index contributed by atoms with van der Waals surface area (Å²) in [6, 6.07) is 3.49. The second kappa shape index (κ2) is 4.96. The van der Waals surface area contributed by atoms with Gasteiger partial charge < -0.3 is 9.47 Å². The Morgan fingerprint density at radius 3 is 2.87 bits per heavy atom. The number of hydrogen-bond donors (Lipinski definition) is 0. The Morgan fingerprint density at radius 2 is 2.33 bits per heavy atom. The van der Waals surface area contributed by atoms with Gasteiger partial charge in [-0.15, -0.1) is 0 Å². The number of hydrogen-bond acceptors (Lipinski definition) is 5. The SMILES string of the molecule is COC(=O)Cc1cnc(C#N)c(OC)c1. The van der Waals surface area contributed by atoms with Gasteiger partial charge in [0.15, 0.2) is 11.4 Å². The van der Waals surface area contributed by atoms with Crippen molar-refractivity contribution in [2.45, 2.75) is 6.42 Å². The first-order valence-electron chi connectivity index (χ1n) is 4.21. The lowest BCUT2D eigenvalue weighted by atomic mass is 10.2. The predicted molar refractivity (Wildman–Crippen MR) is 51.2 cm³/mol. The molecule has 0 aromatic carbocycles. The van der Waals surface area contributed by atoms with Crippen molar-refractivity contribution in [1.82, 2.24) is 4.98 Å². The molecule has 0 atom stereocenters. The number of rotatable bonds is 3. The van der Waals surface area contributed by atoms with Gasteiger partial charge in [-0.1, -0.05) is 0 Å². The molecule has 0 N–H and O–H groups in total. The van der Waals surface area contributed by atoms with E-state index in [0.29, 0.717) is 11.3 Å². The van der Waals surface area contributed by atoms with Gasteiger partial charge in [0.25, 0.3) is 0 Å². The van der Waals surface area contributed by atoms with E-state index in [1.165, 1.54) is 20.4 Å². The summed E-state index contributed by atoms with van der Waals surface area (Å²) < 4.78 is 9.47. The van der Waals surface area contributed by atoms with Crippen LogP contribution in [0.15, 0.2) is 12.3 Å². The number of pyridine rings is 1. The maximum absolute atomic E-state index is 11.0. The minimum atomic E-state index is -0.358. The van der Waals surface area contributed by atoms with Crippen molar-refractivity contribution in [3.05, 3.63) is 23.5 Å². The first-order valence-corrected chi connectivity index (χ1v) is 4.21. The Labute approximate surface area is 87.3 Å². The Morgan fingerprint density at radius 1 is 1.60 bits per heavy atom. The summed E-state index contributed by atoms with van der Waals surface area (Å²) in [5, 5.41) is 8.68. The summed E-state index contributed by atoms with van der Waals surface area (Å²) in [7, 11) is 2.76. The van der Waals surface area contributed by atoms with E-state index in [0.717, 1.165) is 0 Å². The zero-order valence-electron chi connectivity index (χ0n) is 8.48. The fourth-order valence-electron chi connectivity index (χ4n) is 1.06. The lowest BCUT2D eigenvalue weighted by Crippen LogP contribution is -2.05. The zero-order valence-corrected chi connectivity index (χ0v) is 8.48. The van der Waals surface area contributed by atoms with Crippen LogP contribution in [0.25, 0.3) is 0 Å². The Balaban J connectivity index is 2.94. The minimum absolute atomic E-state index is 0.117. The van der Waals surface area contributed by atoms with Crippen molar-refractivity contribution in [3.8, 4) is 11.8 Å².